The number of benzene rings is 5. The van der Waals surface area contributed by atoms with Crippen molar-refractivity contribution in [1.82, 2.24) is 0 Å². The molecule has 170 valence electrons. The van der Waals surface area contributed by atoms with Gasteiger partial charge in [-0.1, -0.05) is 97.1 Å². The largest absolute Gasteiger partial charge is 0.507 e. The molecule has 36 heavy (non-hydrogen) atoms. The molecular formula is C34H21IO. The summed E-state index contributed by atoms with van der Waals surface area (Å²) < 4.78 is 1.34. The Bertz CT molecular complexity index is 1450. The van der Waals surface area contributed by atoms with Crippen LogP contribution in [0.25, 0.3) is 0 Å². The number of aromatic hydroxyl groups is 1. The van der Waals surface area contributed by atoms with Crippen molar-refractivity contribution in [1.29, 1.82) is 0 Å². The van der Waals surface area contributed by atoms with Gasteiger partial charge in [-0.25, -0.2) is 0 Å². The molecule has 2 heteroatoms. The molecule has 6 aliphatic rings. The predicted molar refractivity (Wildman–Crippen MR) is 150 cm³/mol. The van der Waals surface area contributed by atoms with E-state index in [0.29, 0.717) is 5.75 Å². The molecular weight excluding hydrogens is 551 g/mol. The van der Waals surface area contributed by atoms with E-state index in [-0.39, 0.29) is 23.7 Å². The Hall–Kier alpha value is -3.37. The smallest absolute Gasteiger partial charge is 0.124 e. The van der Waals surface area contributed by atoms with Crippen molar-refractivity contribution >= 4 is 22.6 Å². The quantitative estimate of drug-likeness (QED) is 0.183. The van der Waals surface area contributed by atoms with E-state index >= 15 is 0 Å². The number of rotatable bonds is 0. The number of hydrogen-bond donors (Lipinski definition) is 1. The average Bonchev–Trinajstić information content (AvgIpc) is 2.95. The Balaban J connectivity index is 1.43. The van der Waals surface area contributed by atoms with Crippen molar-refractivity contribution in [3.63, 3.8) is 0 Å². The fourth-order valence-electron chi connectivity index (χ4n) is 7.99. The lowest BCUT2D eigenvalue weighted by molar-refractivity contribution is 0.449. The second-order valence-electron chi connectivity index (χ2n) is 10.6. The summed E-state index contributed by atoms with van der Waals surface area (Å²) in [6.45, 7) is 0. The minimum Gasteiger partial charge on any atom is -0.507 e. The van der Waals surface area contributed by atoms with E-state index in [4.69, 9.17) is 0 Å². The standard InChI is InChI=1S/C34H21IO/c35-33-29-25-17-9-1-5-13-21(17)27(22-14-6-2-10-18(22)25)31(29)34(36)32-28-23-15-7-3-11-19(23)26(30(32)33)20-12-4-8-16-24(20)28/h1-16,25-28,36H. The predicted octanol–water partition coefficient (Wildman–Crippen LogP) is 7.97. The lowest BCUT2D eigenvalue weighted by atomic mass is 9.56. The van der Waals surface area contributed by atoms with Crippen molar-refractivity contribution in [3.05, 3.63) is 167 Å². The van der Waals surface area contributed by atoms with E-state index in [0.717, 1.165) is 11.1 Å². The molecule has 0 aliphatic heterocycles. The van der Waals surface area contributed by atoms with Crippen LogP contribution >= 0.6 is 22.6 Å². The van der Waals surface area contributed by atoms with Gasteiger partial charge in [-0.3, -0.25) is 0 Å². The van der Waals surface area contributed by atoms with Crippen LogP contribution in [-0.2, 0) is 0 Å². The van der Waals surface area contributed by atoms with Crippen LogP contribution in [0, 0.1) is 3.57 Å². The summed E-state index contributed by atoms with van der Waals surface area (Å²) in [6.07, 6.45) is 0. The van der Waals surface area contributed by atoms with Crippen LogP contribution in [-0.4, -0.2) is 5.11 Å². The van der Waals surface area contributed by atoms with Crippen molar-refractivity contribution in [2.75, 3.05) is 0 Å². The maximum Gasteiger partial charge on any atom is 0.124 e. The van der Waals surface area contributed by atoms with Gasteiger partial charge in [0.25, 0.3) is 0 Å². The molecule has 11 rings (SSSR count). The van der Waals surface area contributed by atoms with E-state index < -0.39 is 0 Å². The molecule has 5 aromatic carbocycles. The SMILES string of the molecule is Oc1c2c(c(I)c3c1C1c4ccccc4C3c3ccccc31)C1c3ccccc3C2c2ccccc21. The van der Waals surface area contributed by atoms with E-state index in [9.17, 15) is 5.11 Å². The zero-order valence-electron chi connectivity index (χ0n) is 19.4. The third-order valence-corrected chi connectivity index (χ3v) is 10.4. The second-order valence-corrected chi connectivity index (χ2v) is 11.6. The number of halogens is 1. The molecule has 0 amide bonds. The first-order chi connectivity index (χ1) is 17.8. The number of hydrogen-bond acceptors (Lipinski definition) is 1. The first-order valence-electron chi connectivity index (χ1n) is 12.7. The molecule has 0 radical (unpaired) electrons. The van der Waals surface area contributed by atoms with Crippen molar-refractivity contribution in [3.8, 4) is 5.75 Å². The minimum atomic E-state index is 0.0714. The van der Waals surface area contributed by atoms with Crippen LogP contribution in [0.1, 0.15) is 90.4 Å². The monoisotopic (exact) mass is 572 g/mol. The third-order valence-electron chi connectivity index (χ3n) is 9.19. The molecule has 1 N–H and O–H groups in total. The van der Waals surface area contributed by atoms with Gasteiger partial charge in [0.05, 0.1) is 0 Å². The van der Waals surface area contributed by atoms with Crippen molar-refractivity contribution in [2.24, 2.45) is 0 Å². The van der Waals surface area contributed by atoms with E-state index in [2.05, 4.69) is 120 Å². The molecule has 0 atom stereocenters. The van der Waals surface area contributed by atoms with Crippen LogP contribution < -0.4 is 0 Å². The highest BCUT2D eigenvalue weighted by Crippen LogP contribution is 2.65. The van der Waals surface area contributed by atoms with Crippen molar-refractivity contribution in [2.45, 2.75) is 23.7 Å². The molecule has 0 aromatic heterocycles. The molecule has 0 heterocycles. The Morgan fingerprint density at radius 2 is 0.611 bits per heavy atom. The second kappa shape index (κ2) is 6.68. The van der Waals surface area contributed by atoms with Gasteiger partial charge in [0.1, 0.15) is 5.75 Å². The van der Waals surface area contributed by atoms with E-state index in [1.165, 1.54) is 59.2 Å². The van der Waals surface area contributed by atoms with Gasteiger partial charge in [0.2, 0.25) is 0 Å². The Morgan fingerprint density at radius 3 is 0.861 bits per heavy atom. The minimum absolute atomic E-state index is 0.0714. The van der Waals surface area contributed by atoms with Gasteiger partial charge in [0, 0.05) is 38.4 Å². The summed E-state index contributed by atoms with van der Waals surface area (Å²) in [6, 6.07) is 35.6. The Labute approximate surface area is 223 Å². The highest BCUT2D eigenvalue weighted by atomic mass is 127. The topological polar surface area (TPSA) is 20.2 Å². The van der Waals surface area contributed by atoms with Crippen molar-refractivity contribution < 1.29 is 5.11 Å². The molecule has 5 aromatic rings. The highest BCUT2D eigenvalue weighted by Gasteiger charge is 2.50. The molecule has 0 saturated carbocycles. The fraction of sp³-hybridized carbons (Fsp3) is 0.118. The maximum atomic E-state index is 12.3. The molecule has 6 aliphatic carbocycles. The lowest BCUT2D eigenvalue weighted by Crippen LogP contribution is -2.33. The Morgan fingerprint density at radius 1 is 0.389 bits per heavy atom. The van der Waals surface area contributed by atoms with Crippen LogP contribution in [0.3, 0.4) is 0 Å². The normalized spacial score (nSPS) is 22.7. The molecule has 4 bridgehead atoms. The van der Waals surface area contributed by atoms with Crippen LogP contribution in [0.5, 0.6) is 5.75 Å². The summed E-state index contributed by atoms with van der Waals surface area (Å²) in [5, 5.41) is 12.3. The summed E-state index contributed by atoms with van der Waals surface area (Å²) in [5.41, 5.74) is 15.9. The van der Waals surface area contributed by atoms with Crippen LogP contribution in [0.2, 0.25) is 0 Å². The van der Waals surface area contributed by atoms with Gasteiger partial charge in [-0.2, -0.15) is 0 Å². The zero-order valence-corrected chi connectivity index (χ0v) is 21.5. The zero-order chi connectivity index (χ0) is 23.7. The molecule has 0 saturated heterocycles. The molecule has 0 fully saturated rings. The average molecular weight is 572 g/mol. The summed E-state index contributed by atoms with van der Waals surface area (Å²) >= 11 is 2.63. The summed E-state index contributed by atoms with van der Waals surface area (Å²) in [4.78, 5) is 0. The highest BCUT2D eigenvalue weighted by molar-refractivity contribution is 14.1. The third kappa shape index (κ3) is 2.12. The number of phenolic OH excluding ortho intramolecular Hbond substituents is 1. The molecule has 1 nitrogen and oxygen atoms in total. The summed E-state index contributed by atoms with van der Waals surface area (Å²) in [5.74, 6) is 0.987. The molecule has 0 spiro atoms. The van der Waals surface area contributed by atoms with Crippen LogP contribution in [0.15, 0.2) is 97.1 Å². The summed E-state index contributed by atoms with van der Waals surface area (Å²) in [7, 11) is 0. The first-order valence-corrected chi connectivity index (χ1v) is 13.8. The van der Waals surface area contributed by atoms with E-state index in [1.54, 1.807) is 0 Å². The first kappa shape index (κ1) is 19.8. The van der Waals surface area contributed by atoms with Gasteiger partial charge in [-0.15, -0.1) is 0 Å². The number of phenols is 1. The molecule has 0 unspecified atom stereocenters. The van der Waals surface area contributed by atoms with Gasteiger partial charge >= 0.3 is 0 Å². The van der Waals surface area contributed by atoms with Gasteiger partial charge < -0.3 is 5.11 Å². The van der Waals surface area contributed by atoms with Gasteiger partial charge in [0.15, 0.2) is 0 Å². The Kier molecular flexibility index (Phi) is 3.67. The van der Waals surface area contributed by atoms with E-state index in [1.807, 2.05) is 0 Å². The van der Waals surface area contributed by atoms with Gasteiger partial charge in [-0.05, 0) is 78.2 Å². The fourth-order valence-corrected chi connectivity index (χ4v) is 9.20. The maximum absolute atomic E-state index is 12.3. The van der Waals surface area contributed by atoms with Crippen LogP contribution in [0.4, 0.5) is 0 Å². The lowest BCUT2D eigenvalue weighted by Gasteiger charge is -2.48.